The van der Waals surface area contributed by atoms with E-state index in [0.717, 1.165) is 28.7 Å². The molecule has 0 spiro atoms. The lowest BCUT2D eigenvalue weighted by molar-refractivity contribution is 0.0946. The van der Waals surface area contributed by atoms with E-state index < -0.39 is 0 Å². The van der Waals surface area contributed by atoms with Gasteiger partial charge in [0.25, 0.3) is 5.91 Å². The summed E-state index contributed by atoms with van der Waals surface area (Å²) in [5.74, 6) is -0.141. The number of thiazole rings is 2. The summed E-state index contributed by atoms with van der Waals surface area (Å²) in [7, 11) is 3.96. The quantitative estimate of drug-likeness (QED) is 0.888. The lowest BCUT2D eigenvalue weighted by Gasteiger charge is -2.05. The zero-order valence-corrected chi connectivity index (χ0v) is 13.5. The molecule has 108 valence electrons. The summed E-state index contributed by atoms with van der Waals surface area (Å²) < 4.78 is 0. The fraction of sp³-hybridized carbons (Fsp3) is 0.462. The summed E-state index contributed by atoms with van der Waals surface area (Å²) in [6, 6.07) is 0. The van der Waals surface area contributed by atoms with Crippen molar-refractivity contribution in [2.45, 2.75) is 26.4 Å². The van der Waals surface area contributed by atoms with E-state index in [9.17, 15) is 4.79 Å². The predicted molar refractivity (Wildman–Crippen MR) is 82.2 cm³/mol. The predicted octanol–water partition coefficient (Wildman–Crippen LogP) is 2.15. The number of carbonyl (C=O) groups excluding carboxylic acids is 1. The summed E-state index contributed by atoms with van der Waals surface area (Å²) in [6.45, 7) is 3.28. The first kappa shape index (κ1) is 15.1. The van der Waals surface area contributed by atoms with Gasteiger partial charge in [-0.05, 0) is 20.5 Å². The van der Waals surface area contributed by atoms with Crippen molar-refractivity contribution in [3.63, 3.8) is 0 Å². The first-order chi connectivity index (χ1) is 9.58. The normalized spacial score (nSPS) is 11.0. The molecule has 7 heteroatoms. The van der Waals surface area contributed by atoms with E-state index in [-0.39, 0.29) is 5.91 Å². The van der Waals surface area contributed by atoms with Crippen LogP contribution in [-0.4, -0.2) is 34.9 Å². The Morgan fingerprint density at radius 2 is 2.00 bits per heavy atom. The molecular weight excluding hydrogens is 292 g/mol. The van der Waals surface area contributed by atoms with E-state index in [2.05, 4.69) is 22.2 Å². The number of aryl methyl sites for hydroxylation is 1. The van der Waals surface area contributed by atoms with Crippen LogP contribution in [0.1, 0.15) is 33.1 Å². The van der Waals surface area contributed by atoms with Gasteiger partial charge in [-0.1, -0.05) is 6.92 Å². The van der Waals surface area contributed by atoms with Crippen LogP contribution in [-0.2, 0) is 19.5 Å². The number of hydrogen-bond donors (Lipinski definition) is 1. The van der Waals surface area contributed by atoms with Crippen LogP contribution in [0, 0.1) is 0 Å². The number of rotatable bonds is 6. The SMILES string of the molecule is CCc1nc(CNC(=O)c2csc(CN(C)C)n2)cs1. The van der Waals surface area contributed by atoms with Gasteiger partial charge in [-0.15, -0.1) is 22.7 Å². The summed E-state index contributed by atoms with van der Waals surface area (Å²) in [5.41, 5.74) is 1.39. The van der Waals surface area contributed by atoms with Gasteiger partial charge in [0.1, 0.15) is 10.7 Å². The number of aromatic nitrogens is 2. The zero-order chi connectivity index (χ0) is 14.5. The molecule has 1 amide bonds. The lowest BCUT2D eigenvalue weighted by atomic mass is 10.4. The Morgan fingerprint density at radius 3 is 2.65 bits per heavy atom. The van der Waals surface area contributed by atoms with E-state index in [1.54, 1.807) is 16.7 Å². The maximum Gasteiger partial charge on any atom is 0.271 e. The smallest absolute Gasteiger partial charge is 0.271 e. The number of nitrogens with one attached hydrogen (secondary N) is 1. The Balaban J connectivity index is 1.89. The summed E-state index contributed by atoms with van der Waals surface area (Å²) in [4.78, 5) is 22.8. The molecule has 0 fully saturated rings. The first-order valence-electron chi connectivity index (χ1n) is 6.39. The third-order valence-electron chi connectivity index (χ3n) is 2.57. The van der Waals surface area contributed by atoms with Crippen molar-refractivity contribution in [2.24, 2.45) is 0 Å². The minimum Gasteiger partial charge on any atom is -0.345 e. The highest BCUT2D eigenvalue weighted by Crippen LogP contribution is 2.12. The molecule has 0 aromatic carbocycles. The fourth-order valence-corrected chi connectivity index (χ4v) is 3.25. The van der Waals surface area contributed by atoms with Crippen LogP contribution in [0.5, 0.6) is 0 Å². The van der Waals surface area contributed by atoms with Gasteiger partial charge in [0, 0.05) is 17.3 Å². The van der Waals surface area contributed by atoms with Crippen LogP contribution >= 0.6 is 22.7 Å². The Kier molecular flexibility index (Phi) is 5.22. The fourth-order valence-electron chi connectivity index (χ4n) is 1.61. The second-order valence-corrected chi connectivity index (χ2v) is 6.52. The Hall–Kier alpha value is -1.31. The average molecular weight is 310 g/mol. The Labute approximate surface area is 126 Å². The van der Waals surface area contributed by atoms with E-state index >= 15 is 0 Å². The third kappa shape index (κ3) is 4.09. The van der Waals surface area contributed by atoms with Crippen LogP contribution in [0.4, 0.5) is 0 Å². The third-order valence-corrected chi connectivity index (χ3v) is 4.44. The maximum absolute atomic E-state index is 12.0. The molecule has 0 bridgehead atoms. The summed E-state index contributed by atoms with van der Waals surface area (Å²) >= 11 is 3.13. The van der Waals surface area contributed by atoms with Gasteiger partial charge in [0.05, 0.1) is 17.2 Å². The Bertz CT molecular complexity index is 576. The largest absolute Gasteiger partial charge is 0.345 e. The lowest BCUT2D eigenvalue weighted by Crippen LogP contribution is -2.23. The van der Waals surface area contributed by atoms with Crippen LogP contribution in [0.3, 0.4) is 0 Å². The van der Waals surface area contributed by atoms with Gasteiger partial charge in [-0.3, -0.25) is 4.79 Å². The Morgan fingerprint density at radius 1 is 1.25 bits per heavy atom. The summed E-state index contributed by atoms with van der Waals surface area (Å²) in [6.07, 6.45) is 0.929. The van der Waals surface area contributed by atoms with E-state index in [1.165, 1.54) is 11.3 Å². The van der Waals surface area contributed by atoms with Crippen LogP contribution in [0.2, 0.25) is 0 Å². The van der Waals surface area contributed by atoms with Crippen LogP contribution in [0.15, 0.2) is 10.8 Å². The molecule has 20 heavy (non-hydrogen) atoms. The van der Waals surface area contributed by atoms with E-state index in [4.69, 9.17) is 0 Å². The molecule has 0 radical (unpaired) electrons. The minimum atomic E-state index is -0.141. The van der Waals surface area contributed by atoms with Crippen molar-refractivity contribution in [2.75, 3.05) is 14.1 Å². The molecule has 1 N–H and O–H groups in total. The van der Waals surface area contributed by atoms with Crippen molar-refractivity contribution in [1.82, 2.24) is 20.2 Å². The molecule has 5 nitrogen and oxygen atoms in total. The van der Waals surface area contributed by atoms with E-state index in [0.29, 0.717) is 12.2 Å². The molecule has 0 atom stereocenters. The topological polar surface area (TPSA) is 58.1 Å². The average Bonchev–Trinajstić information content (AvgIpc) is 3.04. The highest BCUT2D eigenvalue weighted by Gasteiger charge is 2.11. The monoisotopic (exact) mass is 310 g/mol. The molecule has 0 unspecified atom stereocenters. The molecule has 2 aromatic heterocycles. The highest BCUT2D eigenvalue weighted by atomic mass is 32.1. The van der Waals surface area contributed by atoms with Gasteiger partial charge < -0.3 is 10.2 Å². The number of amides is 1. The van der Waals surface area contributed by atoms with Crippen molar-refractivity contribution in [3.05, 3.63) is 32.2 Å². The first-order valence-corrected chi connectivity index (χ1v) is 8.15. The van der Waals surface area contributed by atoms with Crippen LogP contribution < -0.4 is 5.32 Å². The van der Waals surface area contributed by atoms with Crippen molar-refractivity contribution in [1.29, 1.82) is 0 Å². The molecule has 0 saturated carbocycles. The van der Waals surface area contributed by atoms with Crippen molar-refractivity contribution >= 4 is 28.6 Å². The van der Waals surface area contributed by atoms with Crippen LogP contribution in [0.25, 0.3) is 0 Å². The molecule has 0 aliphatic heterocycles. The van der Waals surface area contributed by atoms with Gasteiger partial charge in [0.15, 0.2) is 0 Å². The highest BCUT2D eigenvalue weighted by molar-refractivity contribution is 7.10. The van der Waals surface area contributed by atoms with Gasteiger partial charge in [-0.2, -0.15) is 0 Å². The van der Waals surface area contributed by atoms with Crippen molar-refractivity contribution < 1.29 is 4.79 Å². The van der Waals surface area contributed by atoms with Gasteiger partial charge in [0.2, 0.25) is 0 Å². The van der Waals surface area contributed by atoms with E-state index in [1.807, 2.05) is 24.4 Å². The standard InChI is InChI=1S/C13H18N4OS2/c1-4-11-15-9(7-19-11)5-14-13(18)10-8-20-12(16-10)6-17(2)3/h7-8H,4-6H2,1-3H3,(H,14,18). The number of hydrogen-bond acceptors (Lipinski definition) is 6. The molecule has 0 aliphatic rings. The van der Waals surface area contributed by atoms with Gasteiger partial charge in [-0.25, -0.2) is 9.97 Å². The molecular formula is C13H18N4OS2. The number of carbonyl (C=O) groups is 1. The van der Waals surface area contributed by atoms with Crippen molar-refractivity contribution in [3.8, 4) is 0 Å². The van der Waals surface area contributed by atoms with Gasteiger partial charge >= 0.3 is 0 Å². The minimum absolute atomic E-state index is 0.141. The molecule has 2 aromatic rings. The molecule has 0 saturated heterocycles. The summed E-state index contributed by atoms with van der Waals surface area (Å²) in [5, 5.41) is 8.68. The zero-order valence-electron chi connectivity index (χ0n) is 11.8. The maximum atomic E-state index is 12.0. The number of nitrogens with zero attached hydrogens (tertiary/aromatic N) is 3. The second kappa shape index (κ2) is 6.92. The second-order valence-electron chi connectivity index (χ2n) is 4.63. The molecule has 2 heterocycles. The molecule has 0 aliphatic carbocycles. The molecule has 2 rings (SSSR count).